The quantitative estimate of drug-likeness (QED) is 0.847. The highest BCUT2D eigenvalue weighted by Crippen LogP contribution is 2.10. The van der Waals surface area contributed by atoms with E-state index in [-0.39, 0.29) is 12.1 Å². The average Bonchev–Trinajstić information content (AvgIpc) is 2.43. The summed E-state index contributed by atoms with van der Waals surface area (Å²) in [6, 6.07) is 9.73. The highest BCUT2D eigenvalue weighted by Gasteiger charge is 2.11. The van der Waals surface area contributed by atoms with Gasteiger partial charge in [0.05, 0.1) is 12.1 Å². The van der Waals surface area contributed by atoms with E-state index in [1.165, 1.54) is 0 Å². The number of carbonyl (C=O) groups is 1. The zero-order valence-electron chi connectivity index (χ0n) is 10.8. The first-order chi connectivity index (χ1) is 10.1. The Labute approximate surface area is 125 Å². The van der Waals surface area contributed by atoms with Gasteiger partial charge in [-0.25, -0.2) is 8.78 Å². The molecule has 0 aromatic heterocycles. The van der Waals surface area contributed by atoms with Crippen LogP contribution in [0.1, 0.15) is 15.9 Å². The summed E-state index contributed by atoms with van der Waals surface area (Å²) in [4.78, 5) is 11.7. The first-order valence-corrected chi connectivity index (χ1v) is 6.42. The fourth-order valence-electron chi connectivity index (χ4n) is 1.61. The van der Waals surface area contributed by atoms with Crippen LogP contribution in [-0.2, 0) is 0 Å². The molecule has 0 bridgehead atoms. The van der Waals surface area contributed by atoms with E-state index in [1.807, 2.05) is 0 Å². The van der Waals surface area contributed by atoms with E-state index < -0.39 is 17.5 Å². The summed E-state index contributed by atoms with van der Waals surface area (Å²) in [5, 5.41) is 3.00. The molecular formula is C16H10ClF2NO. The summed E-state index contributed by atoms with van der Waals surface area (Å²) in [7, 11) is 0. The van der Waals surface area contributed by atoms with Gasteiger partial charge in [0.1, 0.15) is 11.6 Å². The van der Waals surface area contributed by atoms with Gasteiger partial charge in [-0.1, -0.05) is 29.5 Å². The van der Waals surface area contributed by atoms with Crippen LogP contribution in [0, 0.1) is 23.5 Å². The van der Waals surface area contributed by atoms with Gasteiger partial charge in [0.2, 0.25) is 0 Å². The minimum atomic E-state index is -0.907. The maximum absolute atomic E-state index is 13.4. The predicted molar refractivity (Wildman–Crippen MR) is 77.0 cm³/mol. The molecule has 0 unspecified atom stereocenters. The molecule has 1 amide bonds. The first-order valence-electron chi connectivity index (χ1n) is 6.04. The largest absolute Gasteiger partial charge is 0.341 e. The molecule has 0 saturated heterocycles. The third kappa shape index (κ3) is 4.30. The Kier molecular flexibility index (Phi) is 4.91. The SMILES string of the molecule is O=C(NCC#Cc1cccc(Cl)c1)c1ccc(F)cc1F. The number of amides is 1. The molecule has 1 N–H and O–H groups in total. The monoisotopic (exact) mass is 305 g/mol. The predicted octanol–water partition coefficient (Wildman–Crippen LogP) is 3.40. The van der Waals surface area contributed by atoms with Crippen LogP contribution in [0.4, 0.5) is 8.78 Å². The van der Waals surface area contributed by atoms with Crippen molar-refractivity contribution in [3.8, 4) is 11.8 Å². The normalized spacial score (nSPS) is 9.67. The van der Waals surface area contributed by atoms with E-state index in [0.717, 1.165) is 12.1 Å². The van der Waals surface area contributed by atoms with Crippen LogP contribution in [0.5, 0.6) is 0 Å². The number of hydrogen-bond donors (Lipinski definition) is 1. The molecule has 0 heterocycles. The maximum atomic E-state index is 13.4. The van der Waals surface area contributed by atoms with Crippen LogP contribution in [0.2, 0.25) is 5.02 Å². The summed E-state index contributed by atoms with van der Waals surface area (Å²) in [5.74, 6) is 3.25. The van der Waals surface area contributed by atoms with Crippen molar-refractivity contribution in [2.75, 3.05) is 6.54 Å². The Bertz CT molecular complexity index is 735. The van der Waals surface area contributed by atoms with Crippen molar-refractivity contribution >= 4 is 17.5 Å². The molecular weight excluding hydrogens is 296 g/mol. The lowest BCUT2D eigenvalue weighted by Crippen LogP contribution is -2.24. The third-order valence-corrected chi connectivity index (χ3v) is 2.81. The van der Waals surface area contributed by atoms with Crippen LogP contribution < -0.4 is 5.32 Å². The molecule has 2 rings (SSSR count). The van der Waals surface area contributed by atoms with Gasteiger partial charge in [0, 0.05) is 16.7 Å². The fraction of sp³-hybridized carbons (Fsp3) is 0.0625. The van der Waals surface area contributed by atoms with Crippen molar-refractivity contribution in [1.82, 2.24) is 5.32 Å². The van der Waals surface area contributed by atoms with Gasteiger partial charge in [0.25, 0.3) is 5.91 Å². The van der Waals surface area contributed by atoms with Gasteiger partial charge in [-0.15, -0.1) is 0 Å². The molecule has 0 aliphatic heterocycles. The van der Waals surface area contributed by atoms with Crippen molar-refractivity contribution in [3.05, 3.63) is 70.2 Å². The zero-order chi connectivity index (χ0) is 15.2. The molecule has 2 aromatic rings. The molecule has 0 saturated carbocycles. The standard InChI is InChI=1S/C16H10ClF2NO/c17-12-5-1-3-11(9-12)4-2-8-20-16(21)14-7-6-13(18)10-15(14)19/h1,3,5-7,9-10H,8H2,(H,20,21). The Morgan fingerprint density at radius 2 is 2.00 bits per heavy atom. The summed E-state index contributed by atoms with van der Waals surface area (Å²) in [6.07, 6.45) is 0. The van der Waals surface area contributed by atoms with Gasteiger partial charge in [-0.05, 0) is 30.3 Å². The molecule has 0 atom stereocenters. The lowest BCUT2D eigenvalue weighted by Gasteiger charge is -2.02. The number of benzene rings is 2. The van der Waals surface area contributed by atoms with E-state index >= 15 is 0 Å². The number of halogens is 3. The highest BCUT2D eigenvalue weighted by atomic mass is 35.5. The third-order valence-electron chi connectivity index (χ3n) is 2.57. The Balaban J connectivity index is 1.96. The molecule has 0 aliphatic rings. The zero-order valence-corrected chi connectivity index (χ0v) is 11.5. The molecule has 0 aliphatic carbocycles. The average molecular weight is 306 g/mol. The van der Waals surface area contributed by atoms with Crippen LogP contribution in [-0.4, -0.2) is 12.5 Å². The summed E-state index contributed by atoms with van der Waals surface area (Å²) < 4.78 is 26.1. The van der Waals surface area contributed by atoms with Crippen LogP contribution in [0.15, 0.2) is 42.5 Å². The van der Waals surface area contributed by atoms with E-state index in [2.05, 4.69) is 17.2 Å². The van der Waals surface area contributed by atoms with Crippen LogP contribution in [0.3, 0.4) is 0 Å². The van der Waals surface area contributed by atoms with Gasteiger partial charge in [-0.2, -0.15) is 0 Å². The Morgan fingerprint density at radius 1 is 1.19 bits per heavy atom. The summed E-state index contributed by atoms with van der Waals surface area (Å²) in [6.45, 7) is 0.0438. The summed E-state index contributed by atoms with van der Waals surface area (Å²) in [5.41, 5.74) is 0.491. The number of hydrogen-bond acceptors (Lipinski definition) is 1. The molecule has 106 valence electrons. The van der Waals surface area contributed by atoms with E-state index in [0.29, 0.717) is 16.7 Å². The van der Waals surface area contributed by atoms with E-state index in [9.17, 15) is 13.6 Å². The molecule has 0 spiro atoms. The molecule has 0 fully saturated rings. The lowest BCUT2D eigenvalue weighted by atomic mass is 10.2. The molecule has 2 nitrogen and oxygen atoms in total. The van der Waals surface area contributed by atoms with Crippen molar-refractivity contribution in [2.24, 2.45) is 0 Å². The van der Waals surface area contributed by atoms with Crippen molar-refractivity contribution in [1.29, 1.82) is 0 Å². The second-order valence-electron chi connectivity index (χ2n) is 4.12. The number of rotatable bonds is 2. The number of nitrogens with one attached hydrogen (secondary N) is 1. The molecule has 0 radical (unpaired) electrons. The second-order valence-corrected chi connectivity index (χ2v) is 4.56. The highest BCUT2D eigenvalue weighted by molar-refractivity contribution is 6.30. The van der Waals surface area contributed by atoms with Crippen LogP contribution in [0.25, 0.3) is 0 Å². The van der Waals surface area contributed by atoms with Crippen molar-refractivity contribution in [3.63, 3.8) is 0 Å². The fourth-order valence-corrected chi connectivity index (χ4v) is 1.80. The van der Waals surface area contributed by atoms with Crippen molar-refractivity contribution < 1.29 is 13.6 Å². The molecule has 21 heavy (non-hydrogen) atoms. The van der Waals surface area contributed by atoms with Crippen molar-refractivity contribution in [2.45, 2.75) is 0 Å². The Hall–Kier alpha value is -2.38. The minimum Gasteiger partial charge on any atom is -0.341 e. The van der Waals surface area contributed by atoms with E-state index in [4.69, 9.17) is 11.6 Å². The number of carbonyl (C=O) groups excluding carboxylic acids is 1. The van der Waals surface area contributed by atoms with Gasteiger partial charge in [0.15, 0.2) is 0 Å². The molecule has 2 aromatic carbocycles. The maximum Gasteiger partial charge on any atom is 0.255 e. The lowest BCUT2D eigenvalue weighted by molar-refractivity contribution is 0.0954. The Morgan fingerprint density at radius 3 is 2.71 bits per heavy atom. The summed E-state index contributed by atoms with van der Waals surface area (Å²) >= 11 is 5.81. The second kappa shape index (κ2) is 6.87. The van der Waals surface area contributed by atoms with E-state index in [1.54, 1.807) is 24.3 Å². The van der Waals surface area contributed by atoms with Gasteiger partial charge in [-0.3, -0.25) is 4.79 Å². The first kappa shape index (κ1) is 15.0. The smallest absolute Gasteiger partial charge is 0.255 e. The minimum absolute atomic E-state index is 0.0438. The molecule has 5 heteroatoms. The van der Waals surface area contributed by atoms with Crippen LogP contribution >= 0.6 is 11.6 Å². The topological polar surface area (TPSA) is 29.1 Å². The van der Waals surface area contributed by atoms with Gasteiger partial charge < -0.3 is 5.32 Å². The van der Waals surface area contributed by atoms with Gasteiger partial charge >= 0.3 is 0 Å².